The molecular weight excluding hydrogens is 715 g/mol. The van der Waals surface area contributed by atoms with Crippen LogP contribution < -0.4 is 5.32 Å². The van der Waals surface area contributed by atoms with Gasteiger partial charge in [-0.1, -0.05) is 241 Å². The normalized spacial score (nSPS) is 11.4. The molecule has 348 valence electrons. The van der Waals surface area contributed by atoms with Gasteiger partial charge in [-0.3, -0.25) is 9.59 Å². The van der Waals surface area contributed by atoms with Crippen LogP contribution in [0.5, 0.6) is 0 Å². The van der Waals surface area contributed by atoms with E-state index in [2.05, 4.69) is 39.9 Å². The van der Waals surface area contributed by atoms with Gasteiger partial charge in [0.1, 0.15) is 0 Å². The standard InChI is InChI=1S/C51H101NO4.C2H6/c1-6-11-25-33-48(34-26-12-7-2)42-45-55-50(53)39-31-23-19-15-17-21-29-37-47(41-44-52-10-5)38-30-22-18-16-20-24-32-40-51(54)56-46-43-49(35-27-13-8-3)36-28-14-9-4;1-2/h47-49,52H,6-46H2,1-5H3;1-2H3. The van der Waals surface area contributed by atoms with Crippen molar-refractivity contribution in [1.82, 2.24) is 5.32 Å². The maximum atomic E-state index is 12.3. The number of esters is 2. The first-order valence-corrected chi connectivity index (χ1v) is 26.5. The number of rotatable bonds is 46. The van der Waals surface area contributed by atoms with E-state index < -0.39 is 0 Å². The topological polar surface area (TPSA) is 64.6 Å². The molecule has 0 aliphatic rings. The first-order chi connectivity index (χ1) is 28.5. The molecule has 0 fully saturated rings. The number of nitrogens with one attached hydrogen (secondary N) is 1. The summed E-state index contributed by atoms with van der Waals surface area (Å²) in [5, 5.41) is 3.56. The summed E-state index contributed by atoms with van der Waals surface area (Å²) in [4.78, 5) is 24.6. The summed E-state index contributed by atoms with van der Waals surface area (Å²) >= 11 is 0. The van der Waals surface area contributed by atoms with E-state index in [1.54, 1.807) is 0 Å². The average Bonchev–Trinajstić information content (AvgIpc) is 3.22. The summed E-state index contributed by atoms with van der Waals surface area (Å²) in [6.45, 7) is 18.8. The summed E-state index contributed by atoms with van der Waals surface area (Å²) in [6.07, 6.45) is 45.7. The zero-order valence-electron chi connectivity index (χ0n) is 40.9. The molecule has 0 unspecified atom stereocenters. The van der Waals surface area contributed by atoms with E-state index in [0.717, 1.165) is 69.4 Å². The van der Waals surface area contributed by atoms with E-state index in [9.17, 15) is 9.59 Å². The number of ether oxygens (including phenoxy) is 2. The average molecular weight is 822 g/mol. The van der Waals surface area contributed by atoms with E-state index in [4.69, 9.17) is 9.47 Å². The van der Waals surface area contributed by atoms with Crippen LogP contribution in [0.1, 0.15) is 286 Å². The van der Waals surface area contributed by atoms with Gasteiger partial charge in [-0.2, -0.15) is 0 Å². The Labute approximate surface area is 365 Å². The van der Waals surface area contributed by atoms with Crippen molar-refractivity contribution >= 4 is 11.9 Å². The lowest BCUT2D eigenvalue weighted by atomic mass is 9.91. The Morgan fingerprint density at radius 2 is 0.638 bits per heavy atom. The molecule has 0 aliphatic carbocycles. The fourth-order valence-electron chi connectivity index (χ4n) is 8.51. The summed E-state index contributed by atoms with van der Waals surface area (Å²) in [5.74, 6) is 2.36. The molecule has 0 saturated heterocycles. The van der Waals surface area contributed by atoms with E-state index in [0.29, 0.717) is 26.1 Å². The Kier molecular flexibility index (Phi) is 51.1. The number of hydrogen-bond donors (Lipinski definition) is 1. The molecule has 0 aromatic rings. The minimum atomic E-state index is 0.0214. The van der Waals surface area contributed by atoms with Crippen LogP contribution in [0.4, 0.5) is 0 Å². The summed E-state index contributed by atoms with van der Waals surface area (Å²) in [7, 11) is 0. The Morgan fingerprint density at radius 3 is 0.948 bits per heavy atom. The van der Waals surface area contributed by atoms with Gasteiger partial charge in [-0.05, 0) is 62.9 Å². The quantitative estimate of drug-likeness (QED) is 0.0489. The lowest BCUT2D eigenvalue weighted by Gasteiger charge is -2.17. The fourth-order valence-corrected chi connectivity index (χ4v) is 8.51. The molecule has 1 N–H and O–H groups in total. The number of unbranched alkanes of at least 4 members (excludes halogenated alkanes) is 20. The molecule has 0 radical (unpaired) electrons. The molecule has 0 spiro atoms. The third-order valence-corrected chi connectivity index (χ3v) is 12.4. The molecule has 0 atom stereocenters. The van der Waals surface area contributed by atoms with Gasteiger partial charge in [0.15, 0.2) is 0 Å². The van der Waals surface area contributed by atoms with Crippen LogP contribution in [0.2, 0.25) is 0 Å². The first-order valence-electron chi connectivity index (χ1n) is 26.5. The van der Waals surface area contributed by atoms with Crippen molar-refractivity contribution in [2.75, 3.05) is 26.3 Å². The van der Waals surface area contributed by atoms with Gasteiger partial charge < -0.3 is 14.8 Å². The summed E-state index contributed by atoms with van der Waals surface area (Å²) in [5.41, 5.74) is 0. The fraction of sp³-hybridized carbons (Fsp3) is 0.962. The molecule has 0 rings (SSSR count). The third kappa shape index (κ3) is 44.5. The van der Waals surface area contributed by atoms with E-state index in [-0.39, 0.29) is 11.9 Å². The molecule has 5 nitrogen and oxygen atoms in total. The van der Waals surface area contributed by atoms with Crippen molar-refractivity contribution in [3.8, 4) is 0 Å². The molecule has 0 bridgehead atoms. The maximum absolute atomic E-state index is 12.3. The highest BCUT2D eigenvalue weighted by Gasteiger charge is 2.13. The van der Waals surface area contributed by atoms with Crippen LogP contribution in [-0.2, 0) is 19.1 Å². The highest BCUT2D eigenvalue weighted by atomic mass is 16.5. The van der Waals surface area contributed by atoms with Gasteiger partial charge in [0.05, 0.1) is 13.2 Å². The van der Waals surface area contributed by atoms with Crippen molar-refractivity contribution in [2.45, 2.75) is 286 Å². The molecular formula is C53H107NO4. The van der Waals surface area contributed by atoms with Gasteiger partial charge in [0.25, 0.3) is 0 Å². The molecule has 0 heterocycles. The monoisotopic (exact) mass is 822 g/mol. The molecule has 58 heavy (non-hydrogen) atoms. The second-order valence-corrected chi connectivity index (χ2v) is 17.8. The van der Waals surface area contributed by atoms with Crippen LogP contribution in [0.25, 0.3) is 0 Å². The van der Waals surface area contributed by atoms with Gasteiger partial charge in [0.2, 0.25) is 0 Å². The predicted octanol–water partition coefficient (Wildman–Crippen LogP) is 17.1. The molecule has 0 aromatic heterocycles. The maximum Gasteiger partial charge on any atom is 0.305 e. The summed E-state index contributed by atoms with van der Waals surface area (Å²) in [6, 6.07) is 0. The third-order valence-electron chi connectivity index (χ3n) is 12.4. The molecule has 0 amide bonds. The van der Waals surface area contributed by atoms with E-state index in [1.807, 2.05) is 13.8 Å². The second kappa shape index (κ2) is 50.3. The van der Waals surface area contributed by atoms with Crippen LogP contribution in [0.15, 0.2) is 0 Å². The lowest BCUT2D eigenvalue weighted by Crippen LogP contribution is -2.17. The smallest absolute Gasteiger partial charge is 0.305 e. The molecule has 0 saturated carbocycles. The van der Waals surface area contributed by atoms with Gasteiger partial charge in [-0.15, -0.1) is 0 Å². The SMILES string of the molecule is CC.CCCCCC(CCCCC)CCOC(=O)CCCCCCCCCC(CCCCCCCCCC(=O)OCCC(CCCCC)CCCCC)CCNCC. The molecule has 5 heteroatoms. The van der Waals surface area contributed by atoms with Crippen LogP contribution in [0.3, 0.4) is 0 Å². The molecule has 0 aromatic carbocycles. The zero-order valence-corrected chi connectivity index (χ0v) is 40.9. The number of carbonyl (C=O) groups is 2. The van der Waals surface area contributed by atoms with Gasteiger partial charge in [0, 0.05) is 12.8 Å². The number of hydrogen-bond acceptors (Lipinski definition) is 5. The minimum Gasteiger partial charge on any atom is -0.466 e. The zero-order chi connectivity index (χ0) is 43.0. The Morgan fingerprint density at radius 1 is 0.362 bits per heavy atom. The summed E-state index contributed by atoms with van der Waals surface area (Å²) < 4.78 is 11.3. The van der Waals surface area contributed by atoms with Crippen LogP contribution in [-0.4, -0.2) is 38.2 Å². The van der Waals surface area contributed by atoms with Crippen molar-refractivity contribution in [3.05, 3.63) is 0 Å². The van der Waals surface area contributed by atoms with Crippen LogP contribution >= 0.6 is 0 Å². The van der Waals surface area contributed by atoms with E-state index >= 15 is 0 Å². The van der Waals surface area contributed by atoms with Crippen molar-refractivity contribution in [3.63, 3.8) is 0 Å². The highest BCUT2D eigenvalue weighted by molar-refractivity contribution is 5.69. The lowest BCUT2D eigenvalue weighted by molar-refractivity contribution is -0.145. The highest BCUT2D eigenvalue weighted by Crippen LogP contribution is 2.24. The van der Waals surface area contributed by atoms with Crippen molar-refractivity contribution in [1.29, 1.82) is 0 Å². The Balaban J connectivity index is 0. The molecule has 0 aliphatic heterocycles. The second-order valence-electron chi connectivity index (χ2n) is 17.8. The van der Waals surface area contributed by atoms with Crippen LogP contribution in [0, 0.1) is 17.8 Å². The van der Waals surface area contributed by atoms with Gasteiger partial charge in [-0.25, -0.2) is 0 Å². The number of carbonyl (C=O) groups excluding carboxylic acids is 2. The van der Waals surface area contributed by atoms with E-state index in [1.165, 1.54) is 186 Å². The Hall–Kier alpha value is -1.10. The van der Waals surface area contributed by atoms with Gasteiger partial charge >= 0.3 is 11.9 Å². The van der Waals surface area contributed by atoms with Crippen molar-refractivity contribution < 1.29 is 19.1 Å². The van der Waals surface area contributed by atoms with Crippen molar-refractivity contribution in [2.24, 2.45) is 17.8 Å². The largest absolute Gasteiger partial charge is 0.466 e. The first kappa shape index (κ1) is 59.0. The Bertz CT molecular complexity index is 723. The predicted molar refractivity (Wildman–Crippen MR) is 256 cm³/mol. The minimum absolute atomic E-state index is 0.0214.